The molecule has 0 unspecified atom stereocenters. The average Bonchev–Trinajstić information content (AvgIpc) is 3.33. The summed E-state index contributed by atoms with van der Waals surface area (Å²) in [6, 6.07) is 23.2. The van der Waals surface area contributed by atoms with E-state index in [9.17, 15) is 39.3 Å². The zero-order chi connectivity index (χ0) is 45.6. The van der Waals surface area contributed by atoms with Gasteiger partial charge in [0.1, 0.15) is 23.9 Å². The maximum Gasteiger partial charge on any atom is 0.338 e. The number of nitrogens with one attached hydrogen (secondary N) is 1. The lowest BCUT2D eigenvalue weighted by atomic mass is 9.46. The molecule has 2 bridgehead atoms. The summed E-state index contributed by atoms with van der Waals surface area (Å²) in [6.07, 6.45) is -10.2. The average molecular weight is 868 g/mol. The van der Waals surface area contributed by atoms with Crippen LogP contribution in [0.15, 0.2) is 102 Å². The van der Waals surface area contributed by atoms with Crippen molar-refractivity contribution in [1.82, 2.24) is 5.32 Å². The highest BCUT2D eigenvalue weighted by Gasteiger charge is 2.77. The van der Waals surface area contributed by atoms with Gasteiger partial charge in [0, 0.05) is 31.2 Å². The zero-order valence-corrected chi connectivity index (χ0v) is 35.9. The number of Topliss-reactive ketones (excluding diaryl/α,β-unsaturated/α-hetero) is 1. The van der Waals surface area contributed by atoms with Crippen LogP contribution in [0.25, 0.3) is 0 Å². The second kappa shape index (κ2) is 17.1. The summed E-state index contributed by atoms with van der Waals surface area (Å²) >= 11 is 0. The van der Waals surface area contributed by atoms with E-state index in [1.807, 2.05) is 0 Å². The minimum Gasteiger partial charge on any atom is -0.456 e. The summed E-state index contributed by atoms with van der Waals surface area (Å²) in [5.41, 5.74) is -6.78. The van der Waals surface area contributed by atoms with Crippen molar-refractivity contribution in [2.75, 3.05) is 6.61 Å². The third-order valence-corrected chi connectivity index (χ3v) is 13.8. The summed E-state index contributed by atoms with van der Waals surface area (Å²) < 4.78 is 30.4. The lowest BCUT2D eigenvalue weighted by Gasteiger charge is -2.66. The van der Waals surface area contributed by atoms with Crippen LogP contribution < -0.4 is 5.32 Å². The smallest absolute Gasteiger partial charge is 0.338 e. The number of ketones is 1. The molecule has 2 saturated carbocycles. The van der Waals surface area contributed by atoms with Gasteiger partial charge in [-0.25, -0.2) is 9.59 Å². The van der Waals surface area contributed by atoms with Crippen molar-refractivity contribution in [3.05, 3.63) is 119 Å². The molecule has 63 heavy (non-hydrogen) atoms. The van der Waals surface area contributed by atoms with Crippen molar-refractivity contribution in [3.8, 4) is 0 Å². The molecule has 15 heteroatoms. The second-order valence-electron chi connectivity index (χ2n) is 17.7. The normalized spacial score (nSPS) is 31.7. The fraction of sp³-hybridized carbons (Fsp3) is 0.458. The fourth-order valence-corrected chi connectivity index (χ4v) is 10.4. The molecule has 0 aromatic heterocycles. The summed E-state index contributed by atoms with van der Waals surface area (Å²) in [5.74, 6) is -6.63. The fourth-order valence-electron chi connectivity index (χ4n) is 10.4. The Labute approximate surface area is 364 Å². The molecule has 0 radical (unpaired) electrons. The first-order chi connectivity index (χ1) is 29.8. The van der Waals surface area contributed by atoms with Gasteiger partial charge >= 0.3 is 23.9 Å². The minimum atomic E-state index is -2.26. The Morgan fingerprint density at radius 2 is 1.41 bits per heavy atom. The van der Waals surface area contributed by atoms with Gasteiger partial charge < -0.3 is 44.3 Å². The van der Waals surface area contributed by atoms with E-state index in [1.165, 1.54) is 26.0 Å². The quantitative estimate of drug-likeness (QED) is 0.128. The van der Waals surface area contributed by atoms with Gasteiger partial charge in [0.05, 0.1) is 35.6 Å². The predicted molar refractivity (Wildman–Crippen MR) is 222 cm³/mol. The van der Waals surface area contributed by atoms with Crippen molar-refractivity contribution in [3.63, 3.8) is 0 Å². The number of ether oxygens (including phenoxy) is 5. The molecule has 7 rings (SSSR count). The maximum atomic E-state index is 15.6. The van der Waals surface area contributed by atoms with Crippen LogP contribution in [0, 0.1) is 16.7 Å². The molecule has 3 aliphatic carbocycles. The van der Waals surface area contributed by atoms with Crippen LogP contribution in [0.1, 0.15) is 93.1 Å². The monoisotopic (exact) mass is 867 g/mol. The Balaban J connectivity index is 1.37. The van der Waals surface area contributed by atoms with Crippen LogP contribution in [0.2, 0.25) is 0 Å². The molecule has 4 aliphatic rings. The van der Waals surface area contributed by atoms with E-state index in [0.717, 1.165) is 6.92 Å². The molecule has 1 heterocycles. The number of amides is 1. The number of fused-ring (bicyclic) bond motifs is 5. The SMILES string of the molecule is CC(=O)O[C@H]1C(=O)[C@@]2(C)[C@H]([C@H](OC(=O)c3ccccc3)[C@]3(O)CC[C@H](OC(=O)[C@H](O)[C@@H](NC(=O)c4ccccc4)c4ccccc4)C(C)=C1C3(C)C)[C@]1(OC(C)=O)CO[C@@H]1C[C@@H]2O. The van der Waals surface area contributed by atoms with E-state index in [-0.39, 0.29) is 48.1 Å². The summed E-state index contributed by atoms with van der Waals surface area (Å²) in [5, 5.41) is 40.3. The first kappa shape index (κ1) is 45.3. The molecular weight excluding hydrogens is 815 g/mol. The molecule has 1 saturated heterocycles. The molecule has 1 aliphatic heterocycles. The largest absolute Gasteiger partial charge is 0.456 e. The van der Waals surface area contributed by atoms with Crippen LogP contribution >= 0.6 is 0 Å². The number of esters is 4. The number of hydrogen-bond donors (Lipinski definition) is 4. The number of carbonyl (C=O) groups excluding carboxylic acids is 6. The first-order valence-corrected chi connectivity index (χ1v) is 21.0. The Hall–Kier alpha value is -5.74. The minimum absolute atomic E-state index is 0.00753. The Bertz CT molecular complexity index is 2300. The molecule has 334 valence electrons. The molecule has 1 amide bonds. The molecule has 0 spiro atoms. The third-order valence-electron chi connectivity index (χ3n) is 13.8. The lowest BCUT2D eigenvalue weighted by Crippen LogP contribution is -2.81. The van der Waals surface area contributed by atoms with Crippen molar-refractivity contribution >= 4 is 35.6 Å². The zero-order valence-electron chi connectivity index (χ0n) is 35.9. The second-order valence-corrected chi connectivity index (χ2v) is 17.7. The van der Waals surface area contributed by atoms with E-state index < -0.39 is 106 Å². The van der Waals surface area contributed by atoms with E-state index in [1.54, 1.807) is 99.6 Å². The van der Waals surface area contributed by atoms with Gasteiger partial charge in [0.2, 0.25) is 0 Å². The highest BCUT2D eigenvalue weighted by Crippen LogP contribution is 2.64. The van der Waals surface area contributed by atoms with Crippen molar-refractivity contribution in [1.29, 1.82) is 0 Å². The standard InChI is InChI=1S/C48H53NO14/c1-26-32(61-44(57)37(53)36(29-16-10-7-11-17-29)49-42(55)30-18-12-8-13-19-30)22-23-48(58)41(62-43(56)31-20-14-9-15-21-31)39-46(6,33(52)24-34-47(39,25-59-34)63-28(3)51)40(54)38(60-27(2)50)35(26)45(48,4)5/h7-21,32-34,36-39,41,52-53,58H,22-25H2,1-6H3,(H,49,55)/t32-,33-,34+,36-,37+,38+,39-,41-,46+,47-,48+/m0/s1. The Morgan fingerprint density at radius 1 is 0.825 bits per heavy atom. The van der Waals surface area contributed by atoms with E-state index in [0.29, 0.717) is 5.56 Å². The summed E-state index contributed by atoms with van der Waals surface area (Å²) in [6.45, 7) is 8.10. The third kappa shape index (κ3) is 7.74. The number of aliphatic hydroxyl groups excluding tert-OH is 2. The van der Waals surface area contributed by atoms with E-state index in [4.69, 9.17) is 23.7 Å². The van der Waals surface area contributed by atoms with Gasteiger partial charge in [-0.2, -0.15) is 0 Å². The van der Waals surface area contributed by atoms with Crippen LogP contribution in [0.3, 0.4) is 0 Å². The van der Waals surface area contributed by atoms with Crippen molar-refractivity contribution < 1.29 is 67.8 Å². The molecular formula is C48H53NO14. The van der Waals surface area contributed by atoms with Gasteiger partial charge in [-0.1, -0.05) is 80.6 Å². The van der Waals surface area contributed by atoms with Gasteiger partial charge in [-0.05, 0) is 67.7 Å². The Morgan fingerprint density at radius 3 is 1.97 bits per heavy atom. The Kier molecular flexibility index (Phi) is 12.3. The van der Waals surface area contributed by atoms with Crippen LogP contribution in [0.4, 0.5) is 0 Å². The van der Waals surface area contributed by atoms with Crippen LogP contribution in [0.5, 0.6) is 0 Å². The number of hydrogen-bond acceptors (Lipinski definition) is 14. The molecule has 15 nitrogen and oxygen atoms in total. The van der Waals surface area contributed by atoms with Crippen molar-refractivity contribution in [2.24, 2.45) is 16.7 Å². The van der Waals surface area contributed by atoms with Crippen molar-refractivity contribution in [2.45, 2.75) is 115 Å². The maximum absolute atomic E-state index is 15.6. The van der Waals surface area contributed by atoms with Gasteiger partial charge in [-0.3, -0.25) is 19.2 Å². The van der Waals surface area contributed by atoms with Crippen LogP contribution in [-0.4, -0.2) is 105 Å². The number of carbonyl (C=O) groups is 6. The first-order valence-electron chi connectivity index (χ1n) is 21.0. The topological polar surface area (TPSA) is 221 Å². The molecule has 3 aromatic carbocycles. The summed E-state index contributed by atoms with van der Waals surface area (Å²) in [7, 11) is 0. The summed E-state index contributed by atoms with van der Waals surface area (Å²) in [4.78, 5) is 83.6. The number of aliphatic hydroxyl groups is 3. The van der Waals surface area contributed by atoms with Gasteiger partial charge in [0.25, 0.3) is 5.91 Å². The predicted octanol–water partition coefficient (Wildman–Crippen LogP) is 4.13. The highest BCUT2D eigenvalue weighted by molar-refractivity contribution is 5.96. The molecule has 11 atom stereocenters. The van der Waals surface area contributed by atoms with Gasteiger partial charge in [-0.15, -0.1) is 0 Å². The van der Waals surface area contributed by atoms with Crippen LogP contribution in [-0.2, 0) is 42.9 Å². The lowest BCUT2D eigenvalue weighted by molar-refractivity contribution is -0.344. The van der Waals surface area contributed by atoms with E-state index in [2.05, 4.69) is 5.32 Å². The number of benzene rings is 3. The van der Waals surface area contributed by atoms with Gasteiger partial charge in [0.15, 0.2) is 23.6 Å². The molecule has 3 fully saturated rings. The van der Waals surface area contributed by atoms with E-state index >= 15 is 4.79 Å². The molecule has 3 aromatic rings. The molecule has 4 N–H and O–H groups in total. The highest BCUT2D eigenvalue weighted by atomic mass is 16.6. The number of rotatable bonds is 10.